The molecule has 0 aromatic carbocycles. The molecule has 3 heteroatoms. The standard InChI is InChI=1S/C17H30N2O/c1-10(2)11(7-8-18)5-6-14(20)19-17-15-12-3-4-13(9-12)16(15)17/h10-13,15-17H,3-9,18H2,1-2H3,(H,19,20). The zero-order valence-electron chi connectivity index (χ0n) is 13.0. The number of hydrogen-bond donors (Lipinski definition) is 2. The predicted molar refractivity (Wildman–Crippen MR) is 81.0 cm³/mol. The van der Waals surface area contributed by atoms with Gasteiger partial charge in [-0.05, 0) is 74.2 Å². The van der Waals surface area contributed by atoms with E-state index in [0.717, 1.165) is 43.1 Å². The van der Waals surface area contributed by atoms with Crippen molar-refractivity contribution in [2.24, 2.45) is 41.2 Å². The molecule has 3 rings (SSSR count). The average Bonchev–Trinajstić information content (AvgIpc) is 2.82. The van der Waals surface area contributed by atoms with E-state index in [1.165, 1.54) is 19.3 Å². The van der Waals surface area contributed by atoms with Crippen LogP contribution >= 0.6 is 0 Å². The minimum absolute atomic E-state index is 0.284. The van der Waals surface area contributed by atoms with E-state index in [1.807, 2.05) is 0 Å². The fraction of sp³-hybridized carbons (Fsp3) is 0.941. The maximum atomic E-state index is 12.1. The van der Waals surface area contributed by atoms with Crippen molar-refractivity contribution < 1.29 is 4.79 Å². The SMILES string of the molecule is CC(C)C(CCN)CCC(=O)NC1C2C3CCC(C3)C12. The highest BCUT2D eigenvalue weighted by Crippen LogP contribution is 2.65. The molecule has 3 aliphatic carbocycles. The van der Waals surface area contributed by atoms with Crippen molar-refractivity contribution in [2.75, 3.05) is 6.54 Å². The first kappa shape index (κ1) is 14.4. The third-order valence-electron chi connectivity index (χ3n) is 6.29. The molecule has 3 N–H and O–H groups in total. The van der Waals surface area contributed by atoms with Crippen LogP contribution in [0.4, 0.5) is 0 Å². The van der Waals surface area contributed by atoms with Gasteiger partial charge in [0.05, 0.1) is 0 Å². The van der Waals surface area contributed by atoms with E-state index in [-0.39, 0.29) is 5.91 Å². The first-order chi connectivity index (χ1) is 9.61. The molecule has 20 heavy (non-hydrogen) atoms. The van der Waals surface area contributed by atoms with Gasteiger partial charge in [-0.3, -0.25) is 4.79 Å². The summed E-state index contributed by atoms with van der Waals surface area (Å²) in [5, 5.41) is 3.32. The lowest BCUT2D eigenvalue weighted by atomic mass is 9.88. The molecule has 0 radical (unpaired) electrons. The smallest absolute Gasteiger partial charge is 0.220 e. The molecule has 3 saturated carbocycles. The summed E-state index contributed by atoms with van der Waals surface area (Å²) in [4.78, 5) is 12.1. The number of amides is 1. The first-order valence-electron chi connectivity index (χ1n) is 8.61. The number of nitrogens with two attached hydrogens (primary N) is 1. The van der Waals surface area contributed by atoms with Crippen LogP contribution in [-0.2, 0) is 4.79 Å². The second-order valence-corrected chi connectivity index (χ2v) is 7.70. The monoisotopic (exact) mass is 278 g/mol. The molecule has 0 aromatic heterocycles. The number of carbonyl (C=O) groups excluding carboxylic acids is 1. The second kappa shape index (κ2) is 5.67. The number of carbonyl (C=O) groups is 1. The Morgan fingerprint density at radius 3 is 2.40 bits per heavy atom. The normalized spacial score (nSPS) is 38.9. The Hall–Kier alpha value is -0.570. The van der Waals surface area contributed by atoms with Gasteiger partial charge in [0, 0.05) is 12.5 Å². The molecule has 114 valence electrons. The van der Waals surface area contributed by atoms with E-state index in [1.54, 1.807) is 0 Å². The Labute approximate surface area is 123 Å². The van der Waals surface area contributed by atoms with Gasteiger partial charge in [0.15, 0.2) is 0 Å². The van der Waals surface area contributed by atoms with Crippen LogP contribution in [0.15, 0.2) is 0 Å². The van der Waals surface area contributed by atoms with Gasteiger partial charge in [-0.15, -0.1) is 0 Å². The van der Waals surface area contributed by atoms with Crippen molar-refractivity contribution in [3.63, 3.8) is 0 Å². The number of nitrogens with one attached hydrogen (secondary N) is 1. The highest BCUT2D eigenvalue weighted by Gasteiger charge is 2.65. The van der Waals surface area contributed by atoms with Crippen LogP contribution in [0.5, 0.6) is 0 Å². The Kier molecular flexibility index (Phi) is 4.07. The van der Waals surface area contributed by atoms with Gasteiger partial charge >= 0.3 is 0 Å². The third kappa shape index (κ3) is 2.61. The summed E-state index contributed by atoms with van der Waals surface area (Å²) in [7, 11) is 0. The largest absolute Gasteiger partial charge is 0.353 e. The van der Waals surface area contributed by atoms with Gasteiger partial charge in [-0.25, -0.2) is 0 Å². The van der Waals surface area contributed by atoms with Crippen LogP contribution in [0.1, 0.15) is 52.4 Å². The first-order valence-corrected chi connectivity index (χ1v) is 8.61. The molecular formula is C17H30N2O. The molecule has 3 aliphatic rings. The molecule has 0 saturated heterocycles. The summed E-state index contributed by atoms with van der Waals surface area (Å²) in [6, 6.07) is 0.542. The van der Waals surface area contributed by atoms with Crippen molar-refractivity contribution in [1.29, 1.82) is 0 Å². The minimum Gasteiger partial charge on any atom is -0.353 e. The van der Waals surface area contributed by atoms with Crippen molar-refractivity contribution in [3.8, 4) is 0 Å². The summed E-state index contributed by atoms with van der Waals surface area (Å²) in [5.74, 6) is 5.09. The summed E-state index contributed by atoms with van der Waals surface area (Å²) >= 11 is 0. The zero-order chi connectivity index (χ0) is 14.3. The Balaban J connectivity index is 1.40. The highest BCUT2D eigenvalue weighted by molar-refractivity contribution is 5.76. The Morgan fingerprint density at radius 2 is 1.85 bits per heavy atom. The van der Waals surface area contributed by atoms with Gasteiger partial charge < -0.3 is 11.1 Å². The van der Waals surface area contributed by atoms with Crippen molar-refractivity contribution in [3.05, 3.63) is 0 Å². The molecule has 5 atom stereocenters. The van der Waals surface area contributed by atoms with Crippen molar-refractivity contribution >= 4 is 5.91 Å². The average molecular weight is 278 g/mol. The molecule has 0 heterocycles. The fourth-order valence-corrected chi connectivity index (χ4v) is 5.12. The van der Waals surface area contributed by atoms with Gasteiger partial charge in [0.25, 0.3) is 0 Å². The van der Waals surface area contributed by atoms with Gasteiger partial charge in [-0.1, -0.05) is 13.8 Å². The zero-order valence-corrected chi connectivity index (χ0v) is 13.0. The molecule has 0 aromatic rings. The molecule has 3 fully saturated rings. The number of fused-ring (bicyclic) bond motifs is 5. The topological polar surface area (TPSA) is 55.1 Å². The molecule has 5 unspecified atom stereocenters. The lowest BCUT2D eigenvalue weighted by Crippen LogP contribution is -2.30. The lowest BCUT2D eigenvalue weighted by molar-refractivity contribution is -0.121. The summed E-state index contributed by atoms with van der Waals surface area (Å²) < 4.78 is 0. The van der Waals surface area contributed by atoms with E-state index in [0.29, 0.717) is 24.3 Å². The fourth-order valence-electron chi connectivity index (χ4n) is 5.12. The van der Waals surface area contributed by atoms with Crippen LogP contribution < -0.4 is 11.1 Å². The third-order valence-corrected chi connectivity index (χ3v) is 6.29. The molecule has 1 amide bonds. The van der Waals surface area contributed by atoms with E-state index in [2.05, 4.69) is 19.2 Å². The summed E-state index contributed by atoms with van der Waals surface area (Å²) in [6.45, 7) is 5.21. The van der Waals surface area contributed by atoms with E-state index < -0.39 is 0 Å². The van der Waals surface area contributed by atoms with Gasteiger partial charge in [0.1, 0.15) is 0 Å². The van der Waals surface area contributed by atoms with Gasteiger partial charge in [-0.2, -0.15) is 0 Å². The summed E-state index contributed by atoms with van der Waals surface area (Å²) in [5.41, 5.74) is 5.66. The maximum absolute atomic E-state index is 12.1. The Bertz CT molecular complexity index is 352. The Morgan fingerprint density at radius 1 is 1.20 bits per heavy atom. The lowest BCUT2D eigenvalue weighted by Gasteiger charge is -2.20. The predicted octanol–water partition coefficient (Wildman–Crippen LogP) is 2.55. The molecule has 0 spiro atoms. The van der Waals surface area contributed by atoms with Crippen LogP contribution in [0.25, 0.3) is 0 Å². The van der Waals surface area contributed by atoms with Crippen molar-refractivity contribution in [2.45, 2.75) is 58.4 Å². The number of hydrogen-bond acceptors (Lipinski definition) is 2. The molecule has 3 nitrogen and oxygen atoms in total. The highest BCUT2D eigenvalue weighted by atomic mass is 16.1. The van der Waals surface area contributed by atoms with Crippen molar-refractivity contribution in [1.82, 2.24) is 5.32 Å². The van der Waals surface area contributed by atoms with Crippen LogP contribution in [0.2, 0.25) is 0 Å². The van der Waals surface area contributed by atoms with Crippen LogP contribution in [0.3, 0.4) is 0 Å². The van der Waals surface area contributed by atoms with Crippen LogP contribution in [-0.4, -0.2) is 18.5 Å². The van der Waals surface area contributed by atoms with Gasteiger partial charge in [0.2, 0.25) is 5.91 Å². The van der Waals surface area contributed by atoms with Crippen LogP contribution in [0, 0.1) is 35.5 Å². The summed E-state index contributed by atoms with van der Waals surface area (Å²) in [6.07, 6.45) is 7.02. The van der Waals surface area contributed by atoms with E-state index >= 15 is 0 Å². The second-order valence-electron chi connectivity index (χ2n) is 7.70. The quantitative estimate of drug-likeness (QED) is 0.752. The molecule has 2 bridgehead atoms. The van der Waals surface area contributed by atoms with E-state index in [4.69, 9.17) is 5.73 Å². The molecule has 0 aliphatic heterocycles. The minimum atomic E-state index is 0.284. The number of rotatable bonds is 7. The maximum Gasteiger partial charge on any atom is 0.220 e. The molecular weight excluding hydrogens is 248 g/mol. The van der Waals surface area contributed by atoms with E-state index in [9.17, 15) is 4.79 Å².